The summed E-state index contributed by atoms with van der Waals surface area (Å²) in [6.07, 6.45) is -4.79. The summed E-state index contributed by atoms with van der Waals surface area (Å²) in [5, 5.41) is 0. The molecule has 23 heavy (non-hydrogen) atoms. The Labute approximate surface area is 127 Å². The lowest BCUT2D eigenvalue weighted by Crippen LogP contribution is -2.17. The highest BCUT2D eigenvalue weighted by molar-refractivity contribution is 5.73. The summed E-state index contributed by atoms with van der Waals surface area (Å²) in [5.41, 5.74) is 0.293. The number of imidazole rings is 1. The summed E-state index contributed by atoms with van der Waals surface area (Å²) in [6.45, 7) is 3.25. The summed E-state index contributed by atoms with van der Waals surface area (Å²) >= 11 is 0. The number of halogens is 3. The van der Waals surface area contributed by atoms with E-state index < -0.39 is 11.9 Å². The molecule has 3 aromatic rings. The summed E-state index contributed by atoms with van der Waals surface area (Å²) in [6, 6.07) is 5.31. The monoisotopic (exact) mass is 324 g/mol. The molecule has 0 radical (unpaired) electrons. The fraction of sp³-hybridized carbons (Fsp3) is 0.214. The first kappa shape index (κ1) is 15.1. The van der Waals surface area contributed by atoms with Gasteiger partial charge in [0.15, 0.2) is 11.2 Å². The van der Waals surface area contributed by atoms with Crippen LogP contribution >= 0.6 is 0 Å². The van der Waals surface area contributed by atoms with Crippen molar-refractivity contribution in [3.63, 3.8) is 0 Å². The average Bonchev–Trinajstić information content (AvgIpc) is 2.73. The number of rotatable bonds is 2. The van der Waals surface area contributed by atoms with Gasteiger partial charge in [-0.3, -0.25) is 9.36 Å². The minimum atomic E-state index is -4.79. The Bertz CT molecular complexity index is 943. The first-order chi connectivity index (χ1) is 10.7. The number of benzene rings is 1. The van der Waals surface area contributed by atoms with Crippen molar-refractivity contribution in [2.24, 2.45) is 0 Å². The van der Waals surface area contributed by atoms with Crippen LogP contribution in [0.3, 0.4) is 0 Å². The maximum absolute atomic E-state index is 12.3. The summed E-state index contributed by atoms with van der Waals surface area (Å²) < 4.78 is 42.4. The zero-order valence-corrected chi connectivity index (χ0v) is 12.1. The molecule has 0 saturated carbocycles. The van der Waals surface area contributed by atoms with Crippen LogP contribution in [0.5, 0.6) is 5.75 Å². The van der Waals surface area contributed by atoms with Crippen molar-refractivity contribution in [2.75, 3.05) is 0 Å². The molecule has 9 heteroatoms. The topological polar surface area (TPSA) is 72.8 Å². The number of nitrogens with zero attached hydrogens (tertiary/aromatic N) is 3. The molecule has 0 atom stereocenters. The number of aryl methyl sites for hydroxylation is 2. The maximum Gasteiger partial charge on any atom is 0.573 e. The number of nitrogens with one attached hydrogen (secondary N) is 1. The molecule has 1 aromatic carbocycles. The van der Waals surface area contributed by atoms with Gasteiger partial charge in [0.1, 0.15) is 17.4 Å². The predicted molar refractivity (Wildman–Crippen MR) is 75.6 cm³/mol. The van der Waals surface area contributed by atoms with E-state index in [2.05, 4.69) is 19.7 Å². The molecule has 0 unspecified atom stereocenters. The molecule has 6 nitrogen and oxygen atoms in total. The zero-order chi connectivity index (χ0) is 16.8. The first-order valence-corrected chi connectivity index (χ1v) is 6.57. The van der Waals surface area contributed by atoms with Gasteiger partial charge in [-0.2, -0.15) is 0 Å². The third-order valence-electron chi connectivity index (χ3n) is 3.12. The fourth-order valence-electron chi connectivity index (χ4n) is 2.35. The van der Waals surface area contributed by atoms with Crippen LogP contribution in [-0.2, 0) is 0 Å². The van der Waals surface area contributed by atoms with Crippen LogP contribution in [0.4, 0.5) is 13.2 Å². The molecule has 0 fully saturated rings. The van der Waals surface area contributed by atoms with Gasteiger partial charge >= 0.3 is 6.36 Å². The highest BCUT2D eigenvalue weighted by Gasteiger charge is 2.31. The molecule has 120 valence electrons. The zero-order valence-electron chi connectivity index (χ0n) is 12.1. The Kier molecular flexibility index (Phi) is 3.35. The van der Waals surface area contributed by atoms with Gasteiger partial charge in [-0.1, -0.05) is 6.07 Å². The van der Waals surface area contributed by atoms with Gasteiger partial charge in [0.25, 0.3) is 5.56 Å². The number of hydrogen-bond donors (Lipinski definition) is 1. The Balaban J connectivity index is 2.20. The molecule has 0 bridgehead atoms. The molecule has 1 N–H and O–H groups in total. The standard InChI is InChI=1S/C14H11F3N4O2/c1-7-18-12-11(13(22)19-7)21(8(2)20-12)9-4-3-5-10(6-9)23-14(15,16)17/h3-6H,1-2H3,(H,18,19,22). The second-order valence-electron chi connectivity index (χ2n) is 4.86. The van der Waals surface area contributed by atoms with Crippen LogP contribution in [0.15, 0.2) is 29.1 Å². The van der Waals surface area contributed by atoms with Crippen LogP contribution in [0.1, 0.15) is 11.6 Å². The molecule has 0 aliphatic rings. The van der Waals surface area contributed by atoms with Gasteiger partial charge in [-0.15, -0.1) is 13.2 Å². The van der Waals surface area contributed by atoms with Crippen molar-refractivity contribution in [1.82, 2.24) is 19.5 Å². The molecule has 2 aromatic heterocycles. The molecule has 2 heterocycles. The van der Waals surface area contributed by atoms with E-state index in [9.17, 15) is 18.0 Å². The number of hydrogen-bond acceptors (Lipinski definition) is 4. The minimum absolute atomic E-state index is 0.164. The van der Waals surface area contributed by atoms with Crippen LogP contribution in [0, 0.1) is 13.8 Å². The quantitative estimate of drug-likeness (QED) is 0.786. The van der Waals surface area contributed by atoms with E-state index in [4.69, 9.17) is 0 Å². The normalized spacial score (nSPS) is 11.9. The summed E-state index contributed by atoms with van der Waals surface area (Å²) in [7, 11) is 0. The van der Waals surface area contributed by atoms with Gasteiger partial charge in [-0.25, -0.2) is 9.97 Å². The second kappa shape index (κ2) is 5.11. The van der Waals surface area contributed by atoms with Crippen molar-refractivity contribution >= 4 is 11.2 Å². The number of H-pyrrole nitrogens is 1. The van der Waals surface area contributed by atoms with Gasteiger partial charge in [0, 0.05) is 6.07 Å². The van der Waals surface area contributed by atoms with Crippen molar-refractivity contribution in [3.05, 3.63) is 46.3 Å². The number of aromatic nitrogens is 4. The fourth-order valence-corrected chi connectivity index (χ4v) is 2.35. The maximum atomic E-state index is 12.3. The Morgan fingerprint density at radius 2 is 1.96 bits per heavy atom. The van der Waals surface area contributed by atoms with Crippen LogP contribution in [0.25, 0.3) is 16.9 Å². The molecule has 0 saturated heterocycles. The Hall–Kier alpha value is -2.84. The van der Waals surface area contributed by atoms with E-state index in [0.717, 1.165) is 0 Å². The average molecular weight is 324 g/mol. The van der Waals surface area contributed by atoms with Crippen LogP contribution in [0.2, 0.25) is 0 Å². The number of alkyl halides is 3. The van der Waals surface area contributed by atoms with Gasteiger partial charge in [0.2, 0.25) is 0 Å². The SMILES string of the molecule is Cc1nc2nc(C)n(-c3cccc(OC(F)(F)F)c3)c2c(=O)[nH]1. The molecule has 0 spiro atoms. The van der Waals surface area contributed by atoms with Crippen LogP contribution in [-0.4, -0.2) is 25.9 Å². The smallest absolute Gasteiger partial charge is 0.406 e. The molecule has 0 amide bonds. The van der Waals surface area contributed by atoms with E-state index in [1.807, 2.05) is 0 Å². The van der Waals surface area contributed by atoms with Gasteiger partial charge in [0.05, 0.1) is 5.69 Å². The largest absolute Gasteiger partial charge is 0.573 e. The predicted octanol–water partition coefficient (Wildman–Crippen LogP) is 2.62. The number of fused-ring (bicyclic) bond motifs is 1. The third-order valence-corrected chi connectivity index (χ3v) is 3.12. The number of ether oxygens (including phenoxy) is 1. The van der Waals surface area contributed by atoms with Crippen molar-refractivity contribution < 1.29 is 17.9 Å². The first-order valence-electron chi connectivity index (χ1n) is 6.57. The van der Waals surface area contributed by atoms with Crippen LogP contribution < -0.4 is 10.3 Å². The Morgan fingerprint density at radius 3 is 2.65 bits per heavy atom. The van der Waals surface area contributed by atoms with E-state index in [-0.39, 0.29) is 16.9 Å². The van der Waals surface area contributed by atoms with E-state index in [1.54, 1.807) is 19.9 Å². The number of aromatic amines is 1. The lowest BCUT2D eigenvalue weighted by Gasteiger charge is -2.11. The van der Waals surface area contributed by atoms with Gasteiger partial charge < -0.3 is 9.72 Å². The van der Waals surface area contributed by atoms with Crippen molar-refractivity contribution in [1.29, 1.82) is 0 Å². The lowest BCUT2D eigenvalue weighted by molar-refractivity contribution is -0.274. The minimum Gasteiger partial charge on any atom is -0.406 e. The molecular formula is C14H11F3N4O2. The molecule has 0 aliphatic heterocycles. The third kappa shape index (κ3) is 2.89. The Morgan fingerprint density at radius 1 is 1.22 bits per heavy atom. The molecule has 3 rings (SSSR count). The summed E-state index contributed by atoms with van der Waals surface area (Å²) in [4.78, 5) is 23.0. The summed E-state index contributed by atoms with van der Waals surface area (Å²) in [5.74, 6) is 0.446. The van der Waals surface area contributed by atoms with Crippen molar-refractivity contribution in [3.8, 4) is 11.4 Å². The van der Waals surface area contributed by atoms with Gasteiger partial charge in [-0.05, 0) is 26.0 Å². The van der Waals surface area contributed by atoms with E-state index in [1.165, 1.54) is 22.8 Å². The highest BCUT2D eigenvalue weighted by atomic mass is 19.4. The molecule has 0 aliphatic carbocycles. The van der Waals surface area contributed by atoms with Crippen molar-refractivity contribution in [2.45, 2.75) is 20.2 Å². The van der Waals surface area contributed by atoms with E-state index in [0.29, 0.717) is 17.3 Å². The molecular weight excluding hydrogens is 313 g/mol. The highest BCUT2D eigenvalue weighted by Crippen LogP contribution is 2.26. The lowest BCUT2D eigenvalue weighted by atomic mass is 10.3. The second-order valence-corrected chi connectivity index (χ2v) is 4.86. The van der Waals surface area contributed by atoms with E-state index >= 15 is 0 Å².